The van der Waals surface area contributed by atoms with Crippen LogP contribution in [0, 0.1) is 10.8 Å². The second-order valence-corrected chi connectivity index (χ2v) is 18.3. The van der Waals surface area contributed by atoms with Gasteiger partial charge in [-0.25, -0.2) is 14.4 Å². The van der Waals surface area contributed by atoms with Gasteiger partial charge in [-0.05, 0) is 38.2 Å². The van der Waals surface area contributed by atoms with E-state index in [1.54, 1.807) is 45.9 Å². The number of unbranched alkanes of at least 4 members (excludes halogenated alkanes) is 1. The molecule has 0 aromatic carbocycles. The third-order valence-electron chi connectivity index (χ3n) is 12.4. The van der Waals surface area contributed by atoms with E-state index in [-0.39, 0.29) is 50.5 Å². The van der Waals surface area contributed by atoms with Crippen LogP contribution in [0.2, 0.25) is 0 Å². The lowest BCUT2D eigenvalue weighted by atomic mass is 9.70. The zero-order valence-corrected chi connectivity index (χ0v) is 38.5. The summed E-state index contributed by atoms with van der Waals surface area (Å²) >= 11 is 0. The van der Waals surface area contributed by atoms with Gasteiger partial charge < -0.3 is 58.3 Å². The maximum Gasteiger partial charge on any atom is 0.331 e. The molecule has 0 radical (unpaired) electrons. The molecule has 17 heteroatoms. The average Bonchev–Trinajstić information content (AvgIpc) is 3.19. The van der Waals surface area contributed by atoms with Gasteiger partial charge in [0.25, 0.3) is 0 Å². The molecular weight excluding hydrogens is 836 g/mol. The highest BCUT2D eigenvalue weighted by Crippen LogP contribution is 2.50. The molecule has 358 valence electrons. The van der Waals surface area contributed by atoms with Crippen molar-refractivity contribution in [3.05, 3.63) is 59.8 Å². The van der Waals surface area contributed by atoms with Crippen molar-refractivity contribution >= 4 is 29.8 Å². The second kappa shape index (κ2) is 22.3. The highest BCUT2D eigenvalue weighted by Gasteiger charge is 2.59. The number of ether oxygens (including phenoxy) is 8. The lowest BCUT2D eigenvalue weighted by Gasteiger charge is -2.53. The van der Waals surface area contributed by atoms with E-state index in [0.29, 0.717) is 5.57 Å². The molecule has 4 aliphatic rings. The van der Waals surface area contributed by atoms with Crippen LogP contribution in [0.3, 0.4) is 0 Å². The average molecular weight is 905 g/mol. The summed E-state index contributed by atoms with van der Waals surface area (Å²) < 4.78 is 46.7. The molecule has 0 unspecified atom stereocenters. The fourth-order valence-electron chi connectivity index (χ4n) is 8.57. The first kappa shape index (κ1) is 52.4. The van der Waals surface area contributed by atoms with Crippen LogP contribution in [0.5, 0.6) is 0 Å². The Balaban J connectivity index is 1.89. The van der Waals surface area contributed by atoms with Crippen molar-refractivity contribution in [1.82, 2.24) is 0 Å². The fraction of sp³-hybridized carbons (Fsp3) is 0.681. The van der Waals surface area contributed by atoms with Crippen molar-refractivity contribution in [3.8, 4) is 0 Å². The maximum atomic E-state index is 13.4. The summed E-state index contributed by atoms with van der Waals surface area (Å²) in [5.74, 6) is -8.31. The number of hydrogen-bond acceptors (Lipinski definition) is 17. The van der Waals surface area contributed by atoms with Gasteiger partial charge in [-0.15, -0.1) is 0 Å². The number of fused-ring (bicyclic) bond motifs is 6. The minimum absolute atomic E-state index is 0.0721. The zero-order valence-electron chi connectivity index (χ0n) is 38.5. The molecule has 17 nitrogen and oxygen atoms in total. The van der Waals surface area contributed by atoms with E-state index in [1.807, 2.05) is 13.0 Å². The lowest BCUT2D eigenvalue weighted by molar-refractivity contribution is -0.348. The normalized spacial score (nSPS) is 35.8. The van der Waals surface area contributed by atoms with E-state index in [9.17, 15) is 44.4 Å². The van der Waals surface area contributed by atoms with Gasteiger partial charge in [0.05, 0.1) is 62.7 Å². The van der Waals surface area contributed by atoms with Crippen molar-refractivity contribution < 1.29 is 82.3 Å². The van der Waals surface area contributed by atoms with Crippen LogP contribution >= 0.6 is 0 Å². The Morgan fingerprint density at radius 2 is 1.56 bits per heavy atom. The monoisotopic (exact) mass is 904 g/mol. The molecular formula is C47H68O17. The Hall–Kier alpha value is -4.23. The van der Waals surface area contributed by atoms with Gasteiger partial charge in [0.2, 0.25) is 5.79 Å². The van der Waals surface area contributed by atoms with Gasteiger partial charge in [-0.1, -0.05) is 77.0 Å². The topological polar surface area (TPSA) is 240 Å². The summed E-state index contributed by atoms with van der Waals surface area (Å²) in [7, 11) is 2.40. The van der Waals surface area contributed by atoms with Crippen molar-refractivity contribution in [3.63, 3.8) is 0 Å². The van der Waals surface area contributed by atoms with Gasteiger partial charge in [0.1, 0.15) is 12.2 Å². The number of allylic oxidation sites excluding steroid dienone is 3. The predicted octanol–water partition coefficient (Wildman–Crippen LogP) is 4.28. The van der Waals surface area contributed by atoms with Crippen LogP contribution in [-0.4, -0.2) is 131 Å². The van der Waals surface area contributed by atoms with E-state index < -0.39 is 114 Å². The standard InChI is InChI=1S/C47H68O17/c1-10-11-12-13-14-15-39(51)62-43-31(22-41(53)58-9)21-34-25-37(28(2)48)61-42(54)24-32(50)23-35-26-38(59-29(3)49)45(6,7)46(55,63-35)27-36-19-30(20-40(52)57-8)18-33(60-36)16-17-44(4,5)47(43,56)64-34/h12-17,20,22,28,32-38,43,48,50,55-56H,10-11,18-19,21,23-27H2,1-9H3/b13-12+,15-14+,17-16+,30-20+,31-22+/t28-,32-,33+,34+,35+,36+,37-,38+,43+,46+,47-/m1/s1. The van der Waals surface area contributed by atoms with Crippen molar-refractivity contribution in [1.29, 1.82) is 0 Å². The van der Waals surface area contributed by atoms with Crippen molar-refractivity contribution in [2.45, 2.75) is 179 Å². The van der Waals surface area contributed by atoms with Crippen LogP contribution in [0.4, 0.5) is 0 Å². The number of aliphatic hydroxyl groups is 4. The maximum absolute atomic E-state index is 13.4. The van der Waals surface area contributed by atoms with E-state index in [1.165, 1.54) is 33.1 Å². The highest BCUT2D eigenvalue weighted by molar-refractivity contribution is 5.85. The van der Waals surface area contributed by atoms with Crippen molar-refractivity contribution in [2.75, 3.05) is 14.2 Å². The van der Waals surface area contributed by atoms with Crippen LogP contribution in [0.25, 0.3) is 0 Å². The molecule has 0 amide bonds. The summed E-state index contributed by atoms with van der Waals surface area (Å²) in [6.45, 7) is 11.2. The number of rotatable bonds is 9. The molecule has 6 bridgehead atoms. The summed E-state index contributed by atoms with van der Waals surface area (Å²) in [6.07, 6.45) is 2.55. The number of cyclic esters (lactones) is 1. The number of carbonyl (C=O) groups is 5. The van der Waals surface area contributed by atoms with Crippen LogP contribution < -0.4 is 0 Å². The molecule has 0 aromatic rings. The van der Waals surface area contributed by atoms with Gasteiger partial charge in [0, 0.05) is 56.3 Å². The number of aliphatic hydroxyl groups excluding tert-OH is 2. The Morgan fingerprint density at radius 1 is 0.875 bits per heavy atom. The lowest BCUT2D eigenvalue weighted by Crippen LogP contribution is -2.62. The SMILES string of the molecule is CCC/C=C/C=C/C(=O)O[C@H]1/C(=C/C(=O)OC)C[C@H]2C[C@H]([C@@H](C)O)OC(=O)C[C@H](O)C[C@H]3C[C@H](OC(C)=O)C(C)(C)[C@](O)(C[C@@H]4C/C(=C/C(=O)OC)C[C@H](/C=C/C(C)(C)[C@]1(O)O2)O4)O3. The number of esters is 5. The molecule has 11 atom stereocenters. The molecule has 4 aliphatic heterocycles. The smallest absolute Gasteiger partial charge is 0.331 e. The molecule has 4 N–H and O–H groups in total. The Labute approximate surface area is 375 Å². The fourth-order valence-corrected chi connectivity index (χ4v) is 8.57. The number of methoxy groups -OCH3 is 2. The summed E-state index contributed by atoms with van der Waals surface area (Å²) in [4.78, 5) is 64.7. The van der Waals surface area contributed by atoms with Crippen molar-refractivity contribution in [2.24, 2.45) is 10.8 Å². The molecule has 4 rings (SSSR count). The highest BCUT2D eigenvalue weighted by atomic mass is 16.7. The molecule has 0 saturated carbocycles. The van der Waals surface area contributed by atoms with Gasteiger partial charge in [0.15, 0.2) is 11.9 Å². The van der Waals surface area contributed by atoms with Crippen LogP contribution in [-0.2, 0) is 61.9 Å². The number of carbonyl (C=O) groups excluding carboxylic acids is 5. The van der Waals surface area contributed by atoms with E-state index in [4.69, 9.17) is 37.9 Å². The molecule has 3 fully saturated rings. The van der Waals surface area contributed by atoms with Gasteiger partial charge in [-0.2, -0.15) is 0 Å². The molecule has 0 aliphatic carbocycles. The first-order valence-electron chi connectivity index (χ1n) is 21.9. The van der Waals surface area contributed by atoms with Gasteiger partial charge >= 0.3 is 29.8 Å². The molecule has 0 spiro atoms. The Morgan fingerprint density at radius 3 is 2.20 bits per heavy atom. The second-order valence-electron chi connectivity index (χ2n) is 18.3. The quantitative estimate of drug-likeness (QED) is 0.0830. The summed E-state index contributed by atoms with van der Waals surface area (Å²) in [6, 6.07) is 0. The van der Waals surface area contributed by atoms with E-state index in [0.717, 1.165) is 32.1 Å². The third kappa shape index (κ3) is 13.4. The number of hydrogen-bond donors (Lipinski definition) is 4. The Kier molecular flexibility index (Phi) is 18.3. The Bertz CT molecular complexity index is 1830. The first-order valence-corrected chi connectivity index (χ1v) is 21.9. The summed E-state index contributed by atoms with van der Waals surface area (Å²) in [5, 5.41) is 47.5. The minimum atomic E-state index is -2.47. The largest absolute Gasteiger partial charge is 0.466 e. The first-order chi connectivity index (χ1) is 29.9. The molecule has 0 aromatic heterocycles. The van der Waals surface area contributed by atoms with E-state index >= 15 is 0 Å². The zero-order chi connectivity index (χ0) is 47.6. The van der Waals surface area contributed by atoms with Crippen LogP contribution in [0.1, 0.15) is 113 Å². The minimum Gasteiger partial charge on any atom is -0.466 e. The van der Waals surface area contributed by atoms with Gasteiger partial charge in [-0.3, -0.25) is 9.59 Å². The predicted molar refractivity (Wildman–Crippen MR) is 228 cm³/mol. The molecule has 4 heterocycles. The van der Waals surface area contributed by atoms with Crippen LogP contribution in [0.15, 0.2) is 59.8 Å². The van der Waals surface area contributed by atoms with E-state index in [2.05, 4.69) is 0 Å². The summed E-state index contributed by atoms with van der Waals surface area (Å²) in [5.41, 5.74) is -2.06. The third-order valence-corrected chi connectivity index (χ3v) is 12.4. The molecule has 3 saturated heterocycles. The molecule has 64 heavy (non-hydrogen) atoms.